The van der Waals surface area contributed by atoms with E-state index in [0.717, 1.165) is 70.8 Å². The zero-order chi connectivity index (χ0) is 24.0. The number of carbonyl (C=O) groups excluding carboxylic acids is 2. The minimum Gasteiger partial charge on any atom is -0.481 e. The van der Waals surface area contributed by atoms with E-state index in [-0.39, 0.29) is 12.5 Å². The fourth-order valence-electron chi connectivity index (χ4n) is 3.01. The van der Waals surface area contributed by atoms with Crippen molar-refractivity contribution in [2.75, 3.05) is 13.1 Å². The molecule has 0 saturated heterocycles. The van der Waals surface area contributed by atoms with Crippen LogP contribution in [0.25, 0.3) is 0 Å². The van der Waals surface area contributed by atoms with Crippen molar-refractivity contribution in [2.24, 2.45) is 0 Å². The minimum atomic E-state index is -1.38. The van der Waals surface area contributed by atoms with Crippen LogP contribution in [0.2, 0.25) is 0 Å². The Morgan fingerprint density at radius 2 is 1.34 bits per heavy atom. The number of hydrogen-bond donors (Lipinski definition) is 5. The fraction of sp³-hybridized carbons (Fsp3) is 0.739. The molecule has 0 aromatic rings. The lowest BCUT2D eigenvalue weighted by molar-refractivity contribution is -0.147. The van der Waals surface area contributed by atoms with Crippen LogP contribution in [0.5, 0.6) is 0 Å². The molecule has 1 unspecified atom stereocenters. The van der Waals surface area contributed by atoms with Gasteiger partial charge in [0.1, 0.15) is 6.04 Å². The number of allylic oxidation sites excluding steroid dienone is 2. The van der Waals surface area contributed by atoms with Crippen LogP contribution >= 0.6 is 0 Å². The highest BCUT2D eigenvalue weighted by Gasteiger charge is 2.22. The summed E-state index contributed by atoms with van der Waals surface area (Å²) in [4.78, 5) is 44.8. The molecule has 184 valence electrons. The molecule has 0 aromatic carbocycles. The Morgan fingerprint density at radius 3 is 1.91 bits per heavy atom. The topological polar surface area (TPSA) is 145 Å². The van der Waals surface area contributed by atoms with E-state index in [1.165, 1.54) is 0 Å². The zero-order valence-corrected chi connectivity index (χ0v) is 19.4. The molecule has 0 fully saturated rings. The van der Waals surface area contributed by atoms with Crippen LogP contribution in [0.1, 0.15) is 90.4 Å². The first kappa shape index (κ1) is 29.4. The van der Waals surface area contributed by atoms with E-state index in [0.29, 0.717) is 13.0 Å². The first-order chi connectivity index (χ1) is 15.4. The first-order valence-electron chi connectivity index (χ1n) is 11.8. The van der Waals surface area contributed by atoms with Crippen molar-refractivity contribution in [3.8, 4) is 0 Å². The van der Waals surface area contributed by atoms with E-state index in [2.05, 4.69) is 35.0 Å². The molecule has 0 rings (SSSR count). The number of nitrogens with one attached hydrogen (secondary N) is 3. The summed E-state index contributed by atoms with van der Waals surface area (Å²) in [5.74, 6) is -3.03. The quantitative estimate of drug-likeness (QED) is 0.140. The third kappa shape index (κ3) is 19.4. The number of unbranched alkanes of at least 4 members (excludes halogenated alkanes) is 8. The smallest absolute Gasteiger partial charge is 0.326 e. The molecule has 32 heavy (non-hydrogen) atoms. The molecule has 0 aliphatic carbocycles. The molecular formula is C23H41N3O6. The highest BCUT2D eigenvalue weighted by molar-refractivity contribution is 5.86. The highest BCUT2D eigenvalue weighted by atomic mass is 16.4. The lowest BCUT2D eigenvalue weighted by Crippen LogP contribution is -2.42. The van der Waals surface area contributed by atoms with Gasteiger partial charge in [-0.15, -0.1) is 0 Å². The Balaban J connectivity index is 3.54. The van der Waals surface area contributed by atoms with Crippen molar-refractivity contribution in [1.29, 1.82) is 0 Å². The highest BCUT2D eigenvalue weighted by Crippen LogP contribution is 2.07. The van der Waals surface area contributed by atoms with Gasteiger partial charge in [-0.25, -0.2) is 9.59 Å². The molecule has 0 heterocycles. The maximum atomic E-state index is 11.7. The second-order valence-corrected chi connectivity index (χ2v) is 7.87. The van der Waals surface area contributed by atoms with Crippen molar-refractivity contribution in [3.63, 3.8) is 0 Å². The monoisotopic (exact) mass is 455 g/mol. The Kier molecular flexibility index (Phi) is 18.7. The standard InChI is InChI=1S/C23H41N3O6/c1-2-3-13-16-24-23(32)25-17-14-11-9-7-5-4-6-8-10-12-15-20(27)26-19(22(30)31)18-21(28)29/h5,7,19H,2-4,6,8-18H2,1H3,(H,26,27)(H,28,29)(H,30,31)(H2,24,25,32)/b7-5-. The second kappa shape index (κ2) is 20.3. The lowest BCUT2D eigenvalue weighted by Gasteiger charge is -2.12. The number of hydrogen-bond acceptors (Lipinski definition) is 4. The van der Waals surface area contributed by atoms with Crippen molar-refractivity contribution in [2.45, 2.75) is 96.4 Å². The maximum absolute atomic E-state index is 11.7. The first-order valence-corrected chi connectivity index (χ1v) is 11.8. The molecule has 3 amide bonds. The summed E-state index contributed by atoms with van der Waals surface area (Å²) in [6.07, 6.45) is 14.6. The van der Waals surface area contributed by atoms with Crippen molar-refractivity contribution < 1.29 is 29.4 Å². The average Bonchev–Trinajstić information content (AvgIpc) is 2.73. The van der Waals surface area contributed by atoms with Crippen LogP contribution in [-0.2, 0) is 14.4 Å². The number of carboxylic acids is 2. The van der Waals surface area contributed by atoms with Crippen LogP contribution in [0, 0.1) is 0 Å². The molecule has 0 bridgehead atoms. The van der Waals surface area contributed by atoms with Gasteiger partial charge < -0.3 is 26.2 Å². The summed E-state index contributed by atoms with van der Waals surface area (Å²) < 4.78 is 0. The number of urea groups is 1. The normalized spacial score (nSPS) is 11.8. The number of carboxylic acid groups (broad SMARTS) is 2. The third-order valence-corrected chi connectivity index (χ3v) is 4.85. The van der Waals surface area contributed by atoms with E-state index in [9.17, 15) is 19.2 Å². The van der Waals surface area contributed by atoms with Gasteiger partial charge in [-0.2, -0.15) is 0 Å². The predicted molar refractivity (Wildman–Crippen MR) is 123 cm³/mol. The van der Waals surface area contributed by atoms with E-state index in [1.54, 1.807) is 0 Å². The molecular weight excluding hydrogens is 414 g/mol. The summed E-state index contributed by atoms with van der Waals surface area (Å²) in [6, 6.07) is -1.47. The Labute approximate surface area is 191 Å². The third-order valence-electron chi connectivity index (χ3n) is 4.85. The molecule has 0 aromatic heterocycles. The van der Waals surface area contributed by atoms with Crippen molar-refractivity contribution in [1.82, 2.24) is 16.0 Å². The lowest BCUT2D eigenvalue weighted by atomic mass is 10.1. The molecule has 9 heteroatoms. The summed E-state index contributed by atoms with van der Waals surface area (Å²) in [5.41, 5.74) is 0. The van der Waals surface area contributed by atoms with Crippen LogP contribution in [-0.4, -0.2) is 53.2 Å². The van der Waals surface area contributed by atoms with Crippen molar-refractivity contribution in [3.05, 3.63) is 12.2 Å². The molecule has 0 radical (unpaired) electrons. The van der Waals surface area contributed by atoms with Gasteiger partial charge in [0.25, 0.3) is 0 Å². The van der Waals surface area contributed by atoms with Crippen LogP contribution < -0.4 is 16.0 Å². The SMILES string of the molecule is CCCCCNC(=O)NCCCC/C=C\CCCCCCC(=O)NC(CC(=O)O)C(=O)O. The molecule has 1 atom stereocenters. The molecule has 9 nitrogen and oxygen atoms in total. The number of rotatable bonds is 20. The van der Waals surface area contributed by atoms with Gasteiger partial charge in [0, 0.05) is 19.5 Å². The van der Waals surface area contributed by atoms with Gasteiger partial charge in [0.15, 0.2) is 0 Å². The Bertz CT molecular complexity index is 580. The number of amides is 3. The summed E-state index contributed by atoms with van der Waals surface area (Å²) >= 11 is 0. The summed E-state index contributed by atoms with van der Waals surface area (Å²) in [5, 5.41) is 25.5. The average molecular weight is 456 g/mol. The summed E-state index contributed by atoms with van der Waals surface area (Å²) in [7, 11) is 0. The predicted octanol–water partition coefficient (Wildman–Crippen LogP) is 3.59. The van der Waals surface area contributed by atoms with Crippen LogP contribution in [0.4, 0.5) is 4.79 Å². The van der Waals surface area contributed by atoms with E-state index in [4.69, 9.17) is 10.2 Å². The molecule has 5 N–H and O–H groups in total. The molecule has 0 saturated carbocycles. The van der Waals surface area contributed by atoms with Gasteiger partial charge in [-0.1, -0.05) is 44.8 Å². The van der Waals surface area contributed by atoms with Crippen LogP contribution in [0.3, 0.4) is 0 Å². The van der Waals surface area contributed by atoms with E-state index >= 15 is 0 Å². The Hall–Kier alpha value is -2.58. The van der Waals surface area contributed by atoms with Crippen LogP contribution in [0.15, 0.2) is 12.2 Å². The maximum Gasteiger partial charge on any atom is 0.326 e. The Morgan fingerprint density at radius 1 is 0.781 bits per heavy atom. The summed E-state index contributed by atoms with van der Waals surface area (Å²) in [6.45, 7) is 3.55. The molecule has 0 aliphatic heterocycles. The zero-order valence-electron chi connectivity index (χ0n) is 19.4. The second-order valence-electron chi connectivity index (χ2n) is 7.87. The van der Waals surface area contributed by atoms with Gasteiger partial charge in [-0.3, -0.25) is 9.59 Å². The largest absolute Gasteiger partial charge is 0.481 e. The van der Waals surface area contributed by atoms with E-state index < -0.39 is 30.3 Å². The van der Waals surface area contributed by atoms with Gasteiger partial charge in [-0.05, 0) is 44.9 Å². The van der Waals surface area contributed by atoms with Gasteiger partial charge >= 0.3 is 18.0 Å². The fourth-order valence-corrected chi connectivity index (χ4v) is 3.01. The minimum absolute atomic E-state index is 0.0870. The molecule has 0 aliphatic rings. The number of aliphatic carboxylic acids is 2. The number of carbonyl (C=O) groups is 4. The van der Waals surface area contributed by atoms with Gasteiger partial charge in [0.05, 0.1) is 6.42 Å². The van der Waals surface area contributed by atoms with Crippen molar-refractivity contribution >= 4 is 23.9 Å². The van der Waals surface area contributed by atoms with Gasteiger partial charge in [0.2, 0.25) is 5.91 Å². The molecule has 0 spiro atoms. The van der Waals surface area contributed by atoms with E-state index in [1.807, 2.05) is 0 Å².